The van der Waals surface area contributed by atoms with Crippen LogP contribution in [-0.4, -0.2) is 34.4 Å². The molecule has 0 atom stereocenters. The van der Waals surface area contributed by atoms with E-state index in [1.54, 1.807) is 5.51 Å². The average Bonchev–Trinajstić information content (AvgIpc) is 2.76. The van der Waals surface area contributed by atoms with Crippen LogP contribution in [0.5, 0.6) is 0 Å². The number of nitrogens with zero attached hydrogens (tertiary/aromatic N) is 2. The lowest BCUT2D eigenvalue weighted by Gasteiger charge is -2.07. The number of hydrogen-bond acceptors (Lipinski definition) is 6. The Bertz CT molecular complexity index is 367. The lowest BCUT2D eigenvalue weighted by Crippen LogP contribution is -2.41. The van der Waals surface area contributed by atoms with Crippen LogP contribution in [0.1, 0.15) is 13.8 Å². The van der Waals surface area contributed by atoms with Crippen LogP contribution in [-0.2, 0) is 4.79 Å². The maximum absolute atomic E-state index is 11.4. The smallest absolute Gasteiger partial charge is 0.321 e. The van der Waals surface area contributed by atoms with Crippen molar-refractivity contribution in [3.05, 3.63) is 5.51 Å². The van der Waals surface area contributed by atoms with Crippen molar-refractivity contribution in [1.82, 2.24) is 20.8 Å². The SMILES string of the molecule is CC(C)CNC(=O)NC(=O)CSc1nncs1. The number of imide groups is 1. The number of thioether (sulfide) groups is 1. The van der Waals surface area contributed by atoms with Gasteiger partial charge in [-0.15, -0.1) is 10.2 Å². The highest BCUT2D eigenvalue weighted by Gasteiger charge is 2.09. The van der Waals surface area contributed by atoms with Crippen molar-refractivity contribution in [3.63, 3.8) is 0 Å². The molecule has 1 aromatic heterocycles. The van der Waals surface area contributed by atoms with E-state index < -0.39 is 6.03 Å². The van der Waals surface area contributed by atoms with Gasteiger partial charge in [-0.25, -0.2) is 4.79 Å². The van der Waals surface area contributed by atoms with Crippen LogP contribution in [0.25, 0.3) is 0 Å². The highest BCUT2D eigenvalue weighted by molar-refractivity contribution is 8.01. The van der Waals surface area contributed by atoms with Gasteiger partial charge < -0.3 is 5.32 Å². The molecule has 0 spiro atoms. The highest BCUT2D eigenvalue weighted by atomic mass is 32.2. The van der Waals surface area contributed by atoms with E-state index in [2.05, 4.69) is 20.8 Å². The molecule has 0 aliphatic carbocycles. The Labute approximate surface area is 108 Å². The molecule has 6 nitrogen and oxygen atoms in total. The standard InChI is InChI=1S/C9H14N4O2S2/c1-6(2)3-10-8(15)12-7(14)4-16-9-13-11-5-17-9/h5-6H,3-4H2,1-2H3,(H2,10,12,14,15). The largest absolute Gasteiger partial charge is 0.338 e. The van der Waals surface area contributed by atoms with E-state index in [4.69, 9.17) is 0 Å². The molecule has 3 amide bonds. The van der Waals surface area contributed by atoms with Gasteiger partial charge in [-0.05, 0) is 5.92 Å². The molecule has 17 heavy (non-hydrogen) atoms. The minimum absolute atomic E-state index is 0.157. The number of amides is 3. The van der Waals surface area contributed by atoms with Gasteiger partial charge >= 0.3 is 6.03 Å². The third-order valence-corrected chi connectivity index (χ3v) is 3.45. The molecule has 1 heterocycles. The average molecular weight is 274 g/mol. The van der Waals surface area contributed by atoms with Crippen molar-refractivity contribution in [2.45, 2.75) is 18.2 Å². The zero-order valence-corrected chi connectivity index (χ0v) is 11.2. The number of carbonyl (C=O) groups excluding carboxylic acids is 2. The summed E-state index contributed by atoms with van der Waals surface area (Å²) < 4.78 is 0.711. The number of nitrogens with one attached hydrogen (secondary N) is 2. The third-order valence-electron chi connectivity index (χ3n) is 1.59. The van der Waals surface area contributed by atoms with Gasteiger partial charge in [-0.3, -0.25) is 10.1 Å². The predicted molar refractivity (Wildman–Crippen MR) is 67.0 cm³/mol. The van der Waals surface area contributed by atoms with Gasteiger partial charge in [0.2, 0.25) is 5.91 Å². The Balaban J connectivity index is 2.18. The number of carbonyl (C=O) groups is 2. The highest BCUT2D eigenvalue weighted by Crippen LogP contribution is 2.17. The van der Waals surface area contributed by atoms with Crippen LogP contribution in [0.4, 0.5) is 4.79 Å². The molecule has 0 aromatic carbocycles. The molecule has 1 aromatic rings. The van der Waals surface area contributed by atoms with Crippen LogP contribution in [0, 0.1) is 5.92 Å². The van der Waals surface area contributed by atoms with E-state index in [0.29, 0.717) is 16.8 Å². The first kappa shape index (κ1) is 13.9. The molecule has 0 fully saturated rings. The van der Waals surface area contributed by atoms with Gasteiger partial charge in [0.05, 0.1) is 5.75 Å². The van der Waals surface area contributed by atoms with Crippen LogP contribution in [0.2, 0.25) is 0 Å². The fraction of sp³-hybridized carbons (Fsp3) is 0.556. The number of aromatic nitrogens is 2. The van der Waals surface area contributed by atoms with E-state index in [0.717, 1.165) is 0 Å². The fourth-order valence-corrected chi connectivity index (χ4v) is 2.15. The first-order valence-electron chi connectivity index (χ1n) is 5.04. The molecule has 0 bridgehead atoms. The number of rotatable bonds is 5. The number of hydrogen-bond donors (Lipinski definition) is 2. The van der Waals surface area contributed by atoms with Crippen molar-refractivity contribution in [2.75, 3.05) is 12.3 Å². The first-order chi connectivity index (χ1) is 8.08. The zero-order valence-electron chi connectivity index (χ0n) is 9.60. The topological polar surface area (TPSA) is 84.0 Å². The summed E-state index contributed by atoms with van der Waals surface area (Å²) in [4.78, 5) is 22.6. The summed E-state index contributed by atoms with van der Waals surface area (Å²) in [6.07, 6.45) is 0. The van der Waals surface area contributed by atoms with Gasteiger partial charge in [0.15, 0.2) is 4.34 Å². The molecule has 8 heteroatoms. The maximum atomic E-state index is 11.4. The van der Waals surface area contributed by atoms with Crippen molar-refractivity contribution in [2.24, 2.45) is 5.92 Å². The van der Waals surface area contributed by atoms with Gasteiger partial charge in [-0.2, -0.15) is 0 Å². The minimum atomic E-state index is -0.457. The second kappa shape index (κ2) is 7.23. The Kier molecular flexibility index (Phi) is 5.92. The normalized spacial score (nSPS) is 10.3. The molecule has 0 radical (unpaired) electrons. The molecule has 0 aliphatic rings. The Hall–Kier alpha value is -1.15. The zero-order chi connectivity index (χ0) is 12.7. The summed E-state index contributed by atoms with van der Waals surface area (Å²) >= 11 is 2.61. The number of urea groups is 1. The Morgan fingerprint density at radius 1 is 1.53 bits per heavy atom. The Morgan fingerprint density at radius 3 is 2.88 bits per heavy atom. The monoisotopic (exact) mass is 274 g/mol. The van der Waals surface area contributed by atoms with Gasteiger partial charge in [0, 0.05) is 6.54 Å². The molecule has 2 N–H and O–H groups in total. The molecule has 1 rings (SSSR count). The maximum Gasteiger partial charge on any atom is 0.321 e. The summed E-state index contributed by atoms with van der Waals surface area (Å²) in [5.74, 6) is 0.169. The van der Waals surface area contributed by atoms with Crippen LogP contribution >= 0.6 is 23.1 Å². The van der Waals surface area contributed by atoms with Gasteiger partial charge in [0.25, 0.3) is 0 Å². The van der Waals surface area contributed by atoms with Crippen molar-refractivity contribution < 1.29 is 9.59 Å². The molecule has 0 saturated carbocycles. The molecular weight excluding hydrogens is 260 g/mol. The van der Waals surface area contributed by atoms with Crippen LogP contribution < -0.4 is 10.6 Å². The lowest BCUT2D eigenvalue weighted by atomic mass is 10.2. The summed E-state index contributed by atoms with van der Waals surface area (Å²) in [7, 11) is 0. The third kappa shape index (κ3) is 6.22. The van der Waals surface area contributed by atoms with E-state index in [9.17, 15) is 9.59 Å². The molecule has 94 valence electrons. The fourth-order valence-electron chi connectivity index (χ4n) is 0.857. The minimum Gasteiger partial charge on any atom is -0.338 e. The van der Waals surface area contributed by atoms with E-state index in [-0.39, 0.29) is 11.7 Å². The van der Waals surface area contributed by atoms with Crippen LogP contribution in [0.15, 0.2) is 9.85 Å². The molecule has 0 saturated heterocycles. The summed E-state index contributed by atoms with van der Waals surface area (Å²) in [5.41, 5.74) is 1.59. The first-order valence-corrected chi connectivity index (χ1v) is 6.91. The second-order valence-electron chi connectivity index (χ2n) is 3.65. The molecule has 0 aliphatic heterocycles. The summed E-state index contributed by atoms with van der Waals surface area (Å²) in [5, 5.41) is 12.3. The van der Waals surface area contributed by atoms with E-state index >= 15 is 0 Å². The Morgan fingerprint density at radius 2 is 2.29 bits per heavy atom. The van der Waals surface area contributed by atoms with E-state index in [1.807, 2.05) is 13.8 Å². The van der Waals surface area contributed by atoms with Crippen molar-refractivity contribution in [3.8, 4) is 0 Å². The van der Waals surface area contributed by atoms with Crippen LogP contribution in [0.3, 0.4) is 0 Å². The molecular formula is C9H14N4O2S2. The van der Waals surface area contributed by atoms with Crippen molar-refractivity contribution >= 4 is 35.0 Å². The molecule has 0 unspecified atom stereocenters. The lowest BCUT2D eigenvalue weighted by molar-refractivity contribution is -0.117. The van der Waals surface area contributed by atoms with Gasteiger partial charge in [-0.1, -0.05) is 36.9 Å². The summed E-state index contributed by atoms with van der Waals surface area (Å²) in [6.45, 7) is 4.50. The van der Waals surface area contributed by atoms with Crippen molar-refractivity contribution in [1.29, 1.82) is 0 Å². The second-order valence-corrected chi connectivity index (χ2v) is 5.70. The summed E-state index contributed by atoms with van der Waals surface area (Å²) in [6, 6.07) is -0.457. The van der Waals surface area contributed by atoms with E-state index in [1.165, 1.54) is 23.1 Å². The van der Waals surface area contributed by atoms with Gasteiger partial charge in [0.1, 0.15) is 5.51 Å². The quantitative estimate of drug-likeness (QED) is 0.786. The predicted octanol–water partition coefficient (Wildman–Crippen LogP) is 1.11.